The lowest BCUT2D eigenvalue weighted by molar-refractivity contribution is -0.389. The number of hydrogen-bond donors (Lipinski definition) is 0. The molecular formula is C19H17N3O4S. The number of aromatic nitrogens is 2. The largest absolute Gasteiger partial charge is 0.492 e. The molecule has 1 aromatic heterocycles. The molecule has 0 saturated heterocycles. The Morgan fingerprint density at radius 3 is 2.48 bits per heavy atom. The second-order valence-corrected chi connectivity index (χ2v) is 7.36. The lowest BCUT2D eigenvalue weighted by Gasteiger charge is -2.11. The van der Waals surface area contributed by atoms with Crippen LogP contribution in [0, 0.1) is 10.1 Å². The Balaban J connectivity index is 1.25. The fraction of sp³-hybridized carbons (Fsp3) is 0.211. The summed E-state index contributed by atoms with van der Waals surface area (Å²) < 4.78 is 13.4. The third-order valence-electron chi connectivity index (χ3n) is 4.09. The van der Waals surface area contributed by atoms with Gasteiger partial charge in [-0.3, -0.25) is 4.57 Å². The Morgan fingerprint density at radius 1 is 1.11 bits per heavy atom. The van der Waals surface area contributed by atoms with Gasteiger partial charge >= 0.3 is 5.82 Å². The summed E-state index contributed by atoms with van der Waals surface area (Å²) in [5.74, 6) is 1.44. The van der Waals surface area contributed by atoms with E-state index < -0.39 is 4.92 Å². The summed E-state index contributed by atoms with van der Waals surface area (Å²) in [4.78, 5) is 14.3. The zero-order valence-electron chi connectivity index (χ0n) is 14.4. The minimum absolute atomic E-state index is 0.108. The Bertz CT molecular complexity index is 904. The highest BCUT2D eigenvalue weighted by molar-refractivity contribution is 8.00. The van der Waals surface area contributed by atoms with Crippen LogP contribution >= 0.6 is 11.8 Å². The van der Waals surface area contributed by atoms with Gasteiger partial charge in [0.15, 0.2) is 0 Å². The van der Waals surface area contributed by atoms with Crippen LogP contribution in [0.5, 0.6) is 11.5 Å². The van der Waals surface area contributed by atoms with E-state index in [1.165, 1.54) is 18.0 Å². The van der Waals surface area contributed by atoms with Crippen LogP contribution in [0.15, 0.2) is 66.0 Å². The summed E-state index contributed by atoms with van der Waals surface area (Å²) in [6.07, 6.45) is 1.47. The second kappa shape index (κ2) is 7.71. The minimum atomic E-state index is -0.473. The molecule has 7 nitrogen and oxygen atoms in total. The summed E-state index contributed by atoms with van der Waals surface area (Å²) in [5, 5.41) is 11.6. The van der Waals surface area contributed by atoms with Gasteiger partial charge in [-0.15, -0.1) is 0 Å². The Hall–Kier alpha value is -3.00. The molecule has 0 fully saturated rings. The van der Waals surface area contributed by atoms with Gasteiger partial charge in [0.1, 0.15) is 30.9 Å². The number of fused-ring (bicyclic) bond motifs is 1. The van der Waals surface area contributed by atoms with Crippen LogP contribution in [0.1, 0.15) is 5.56 Å². The van der Waals surface area contributed by atoms with Crippen LogP contribution in [0.25, 0.3) is 0 Å². The van der Waals surface area contributed by atoms with Gasteiger partial charge in [-0.1, -0.05) is 42.1 Å². The molecule has 1 aliphatic heterocycles. The van der Waals surface area contributed by atoms with Crippen molar-refractivity contribution in [2.24, 2.45) is 0 Å². The molecule has 0 amide bonds. The summed E-state index contributed by atoms with van der Waals surface area (Å²) in [7, 11) is 0. The molecule has 138 valence electrons. The van der Waals surface area contributed by atoms with E-state index in [9.17, 15) is 10.1 Å². The van der Waals surface area contributed by atoms with Crippen LogP contribution in [0.3, 0.4) is 0 Å². The Morgan fingerprint density at radius 2 is 1.81 bits per heavy atom. The molecule has 1 aliphatic rings. The zero-order valence-corrected chi connectivity index (χ0v) is 15.2. The van der Waals surface area contributed by atoms with E-state index in [1.807, 2.05) is 54.6 Å². The lowest BCUT2D eigenvalue weighted by atomic mass is 10.2. The number of nitro groups is 1. The summed E-state index contributed by atoms with van der Waals surface area (Å²) in [5.41, 5.74) is 1.12. The Kier molecular flexibility index (Phi) is 4.97. The van der Waals surface area contributed by atoms with E-state index in [1.54, 1.807) is 4.57 Å². The zero-order chi connectivity index (χ0) is 18.6. The first-order valence-electron chi connectivity index (χ1n) is 8.45. The highest BCUT2D eigenvalue weighted by atomic mass is 32.2. The number of nitrogens with zero attached hydrogens (tertiary/aromatic N) is 3. The number of thioether (sulfide) groups is 1. The quantitative estimate of drug-likeness (QED) is 0.454. The van der Waals surface area contributed by atoms with Gasteiger partial charge in [-0.25, -0.2) is 0 Å². The number of rotatable bonds is 7. The molecule has 0 spiro atoms. The predicted octanol–water partition coefficient (Wildman–Crippen LogP) is 3.92. The molecule has 0 radical (unpaired) electrons. The first-order chi connectivity index (χ1) is 13.2. The van der Waals surface area contributed by atoms with Crippen molar-refractivity contribution in [3.63, 3.8) is 0 Å². The molecule has 8 heteroatoms. The summed E-state index contributed by atoms with van der Waals surface area (Å²) in [6.45, 7) is 1.68. The molecule has 2 aromatic carbocycles. The molecule has 1 atom stereocenters. The predicted molar refractivity (Wildman–Crippen MR) is 101 cm³/mol. The van der Waals surface area contributed by atoms with E-state index >= 15 is 0 Å². The molecule has 2 heterocycles. The summed E-state index contributed by atoms with van der Waals surface area (Å²) >= 11 is 1.50. The highest BCUT2D eigenvalue weighted by Crippen LogP contribution is 2.33. The normalized spacial score (nSPS) is 15.3. The topological polar surface area (TPSA) is 79.4 Å². The first-order valence-corrected chi connectivity index (χ1v) is 9.33. The van der Waals surface area contributed by atoms with Gasteiger partial charge in [0, 0.05) is 6.54 Å². The van der Waals surface area contributed by atoms with Crippen molar-refractivity contribution < 1.29 is 14.4 Å². The van der Waals surface area contributed by atoms with Crippen molar-refractivity contribution in [3.05, 3.63) is 76.5 Å². The van der Waals surface area contributed by atoms with Crippen molar-refractivity contribution in [1.82, 2.24) is 9.55 Å². The molecule has 0 bridgehead atoms. The average molecular weight is 383 g/mol. The number of benzene rings is 2. The van der Waals surface area contributed by atoms with Crippen molar-refractivity contribution in [3.8, 4) is 11.5 Å². The Labute approximate surface area is 160 Å². The van der Waals surface area contributed by atoms with E-state index in [2.05, 4.69) is 4.98 Å². The average Bonchev–Trinajstić information content (AvgIpc) is 3.25. The smallest absolute Gasteiger partial charge is 0.382 e. The van der Waals surface area contributed by atoms with Gasteiger partial charge in [0.25, 0.3) is 5.16 Å². The van der Waals surface area contributed by atoms with Crippen molar-refractivity contribution in [2.45, 2.75) is 23.6 Å². The third kappa shape index (κ3) is 4.22. The van der Waals surface area contributed by atoms with Gasteiger partial charge in [-0.05, 0) is 39.7 Å². The summed E-state index contributed by atoms with van der Waals surface area (Å²) in [6, 6.07) is 17.5. The minimum Gasteiger partial charge on any atom is -0.492 e. The molecule has 3 aromatic rings. The first kappa shape index (κ1) is 17.4. The molecule has 0 saturated carbocycles. The van der Waals surface area contributed by atoms with Crippen LogP contribution < -0.4 is 9.47 Å². The fourth-order valence-corrected chi connectivity index (χ4v) is 3.83. The molecule has 0 aliphatic carbocycles. The molecule has 0 N–H and O–H groups in total. The van der Waals surface area contributed by atoms with E-state index in [0.29, 0.717) is 24.9 Å². The lowest BCUT2D eigenvalue weighted by Crippen LogP contribution is -2.15. The number of ether oxygens (including phenoxy) is 2. The molecule has 1 unspecified atom stereocenters. The van der Waals surface area contributed by atoms with Gasteiger partial charge in [0.05, 0.1) is 5.25 Å². The van der Waals surface area contributed by atoms with E-state index in [4.69, 9.17) is 9.47 Å². The molecule has 27 heavy (non-hydrogen) atoms. The van der Waals surface area contributed by atoms with Crippen LogP contribution in [-0.2, 0) is 13.2 Å². The second-order valence-electron chi connectivity index (χ2n) is 6.09. The van der Waals surface area contributed by atoms with Gasteiger partial charge < -0.3 is 19.6 Å². The van der Waals surface area contributed by atoms with E-state index in [0.717, 1.165) is 17.1 Å². The van der Waals surface area contributed by atoms with Crippen LogP contribution in [-0.4, -0.2) is 26.3 Å². The van der Waals surface area contributed by atoms with E-state index in [-0.39, 0.29) is 11.1 Å². The third-order valence-corrected chi connectivity index (χ3v) is 5.25. The standard InChI is InChI=1S/C19H17N3O4S/c23-22(24)18-11-21-10-17(27-19(21)20-18)13-26-16-8-6-15(7-9-16)25-12-14-4-2-1-3-5-14/h1-9,11,17H,10,12-13H2. The van der Waals surface area contributed by atoms with Crippen LogP contribution in [0.4, 0.5) is 5.82 Å². The van der Waals surface area contributed by atoms with Gasteiger partial charge in [-0.2, -0.15) is 0 Å². The number of hydrogen-bond acceptors (Lipinski definition) is 6. The number of imidazole rings is 1. The monoisotopic (exact) mass is 383 g/mol. The maximum absolute atomic E-state index is 10.7. The fourth-order valence-electron chi connectivity index (χ4n) is 2.75. The SMILES string of the molecule is O=[N+]([O-])c1cn2c(n1)SC(COc1ccc(OCc3ccccc3)cc1)C2. The van der Waals surface area contributed by atoms with Gasteiger partial charge in [0.2, 0.25) is 0 Å². The van der Waals surface area contributed by atoms with Crippen LogP contribution in [0.2, 0.25) is 0 Å². The maximum atomic E-state index is 10.7. The van der Waals surface area contributed by atoms with Crippen molar-refractivity contribution >= 4 is 17.6 Å². The van der Waals surface area contributed by atoms with Crippen molar-refractivity contribution in [2.75, 3.05) is 6.61 Å². The molecular weight excluding hydrogens is 366 g/mol. The highest BCUT2D eigenvalue weighted by Gasteiger charge is 2.30. The molecule has 4 rings (SSSR count). The van der Waals surface area contributed by atoms with Crippen molar-refractivity contribution in [1.29, 1.82) is 0 Å². The maximum Gasteiger partial charge on any atom is 0.382 e.